The molecule has 0 radical (unpaired) electrons. The number of aryl methyl sites for hydroxylation is 2. The summed E-state index contributed by atoms with van der Waals surface area (Å²) in [6, 6.07) is 0. The smallest absolute Gasteiger partial charge is 0.410 e. The Bertz CT molecular complexity index is 707. The average Bonchev–Trinajstić information content (AvgIpc) is 3.18. The van der Waals surface area contributed by atoms with Crippen LogP contribution in [0.2, 0.25) is 0 Å². The molecule has 0 bridgehead atoms. The van der Waals surface area contributed by atoms with E-state index in [0.29, 0.717) is 57.8 Å². The fourth-order valence-electron chi connectivity index (χ4n) is 3.96. The van der Waals surface area contributed by atoms with Crippen molar-refractivity contribution in [3.63, 3.8) is 0 Å². The van der Waals surface area contributed by atoms with Gasteiger partial charge in [-0.2, -0.15) is 0 Å². The van der Waals surface area contributed by atoms with E-state index in [1.165, 1.54) is 0 Å². The van der Waals surface area contributed by atoms with E-state index in [-0.39, 0.29) is 12.0 Å². The first-order chi connectivity index (χ1) is 13.8. The van der Waals surface area contributed by atoms with E-state index in [1.807, 2.05) is 25.8 Å². The lowest BCUT2D eigenvalue weighted by atomic mass is 9.91. The first-order valence-corrected chi connectivity index (χ1v) is 10.2. The van der Waals surface area contributed by atoms with E-state index in [0.717, 1.165) is 24.3 Å². The molecule has 2 aliphatic heterocycles. The van der Waals surface area contributed by atoms with E-state index in [2.05, 4.69) is 10.1 Å². The van der Waals surface area contributed by atoms with Gasteiger partial charge in [-0.15, -0.1) is 0 Å². The highest BCUT2D eigenvalue weighted by molar-refractivity contribution is 5.79. The Balaban J connectivity index is 1.48. The SMILES string of the molecule is COCCN(C)CCN1CC2(CCN(C(=O)Cc3c(C)noc3C)CC2)OC1=O. The number of rotatable bonds is 8. The molecule has 1 spiro atoms. The van der Waals surface area contributed by atoms with Crippen LogP contribution >= 0.6 is 0 Å². The lowest BCUT2D eigenvalue weighted by Crippen LogP contribution is -2.49. The number of nitrogens with zero attached hydrogens (tertiary/aromatic N) is 4. The van der Waals surface area contributed by atoms with Crippen molar-refractivity contribution in [2.75, 3.05) is 60.0 Å². The van der Waals surface area contributed by atoms with Crippen LogP contribution in [0.4, 0.5) is 4.79 Å². The minimum Gasteiger partial charge on any atom is -0.441 e. The number of carbonyl (C=O) groups excluding carboxylic acids is 2. The molecule has 3 rings (SSSR count). The van der Waals surface area contributed by atoms with Crippen molar-refractivity contribution in [2.45, 2.75) is 38.7 Å². The maximum Gasteiger partial charge on any atom is 0.410 e. The molecule has 3 heterocycles. The predicted molar refractivity (Wildman–Crippen MR) is 106 cm³/mol. The number of aromatic nitrogens is 1. The summed E-state index contributed by atoms with van der Waals surface area (Å²) in [5, 5.41) is 3.92. The maximum atomic E-state index is 12.7. The molecule has 2 aliphatic rings. The third-order valence-electron chi connectivity index (χ3n) is 6.01. The van der Waals surface area contributed by atoms with E-state index in [4.69, 9.17) is 14.0 Å². The first kappa shape index (κ1) is 21.6. The lowest BCUT2D eigenvalue weighted by molar-refractivity contribution is -0.133. The summed E-state index contributed by atoms with van der Waals surface area (Å²) in [5.74, 6) is 0.760. The lowest BCUT2D eigenvalue weighted by Gasteiger charge is -2.37. The Hall–Kier alpha value is -2.13. The van der Waals surface area contributed by atoms with Crippen LogP contribution in [-0.4, -0.2) is 97.5 Å². The third-order valence-corrected chi connectivity index (χ3v) is 6.01. The second-order valence-electron chi connectivity index (χ2n) is 8.13. The summed E-state index contributed by atoms with van der Waals surface area (Å²) < 4.78 is 16.0. The van der Waals surface area contributed by atoms with Gasteiger partial charge in [0.2, 0.25) is 5.91 Å². The van der Waals surface area contributed by atoms with E-state index in [9.17, 15) is 9.59 Å². The summed E-state index contributed by atoms with van der Waals surface area (Å²) in [7, 11) is 3.69. The summed E-state index contributed by atoms with van der Waals surface area (Å²) in [6.45, 7) is 8.36. The highest BCUT2D eigenvalue weighted by atomic mass is 16.6. The molecule has 0 saturated carbocycles. The minimum atomic E-state index is -0.470. The summed E-state index contributed by atoms with van der Waals surface area (Å²) >= 11 is 0. The van der Waals surface area contributed by atoms with Gasteiger partial charge in [0, 0.05) is 58.2 Å². The number of ether oxygens (including phenoxy) is 2. The highest BCUT2D eigenvalue weighted by Gasteiger charge is 2.47. The van der Waals surface area contributed by atoms with Gasteiger partial charge in [0.05, 0.1) is 25.3 Å². The second kappa shape index (κ2) is 9.13. The Morgan fingerprint density at radius 2 is 2.00 bits per heavy atom. The molecule has 0 atom stereocenters. The van der Waals surface area contributed by atoms with E-state index < -0.39 is 5.60 Å². The Morgan fingerprint density at radius 1 is 1.28 bits per heavy atom. The molecular weight excluding hydrogens is 376 g/mol. The quantitative estimate of drug-likeness (QED) is 0.639. The molecule has 2 fully saturated rings. The van der Waals surface area contributed by atoms with Crippen LogP contribution < -0.4 is 0 Å². The zero-order valence-electron chi connectivity index (χ0n) is 17.9. The van der Waals surface area contributed by atoms with Crippen molar-refractivity contribution < 1.29 is 23.6 Å². The molecule has 9 heteroatoms. The Morgan fingerprint density at radius 3 is 2.62 bits per heavy atom. The van der Waals surface area contributed by atoms with Crippen LogP contribution in [0.25, 0.3) is 0 Å². The minimum absolute atomic E-state index is 0.0650. The zero-order chi connectivity index (χ0) is 21.0. The molecule has 1 aromatic heterocycles. The fourth-order valence-corrected chi connectivity index (χ4v) is 3.96. The van der Waals surface area contributed by atoms with Crippen molar-refractivity contribution in [3.8, 4) is 0 Å². The summed E-state index contributed by atoms with van der Waals surface area (Å²) in [6.07, 6.45) is 1.39. The van der Waals surface area contributed by atoms with Crippen LogP contribution in [0.15, 0.2) is 4.52 Å². The van der Waals surface area contributed by atoms with Crippen LogP contribution in [0, 0.1) is 13.8 Å². The molecule has 0 aromatic carbocycles. The number of likely N-dealkylation sites (tertiary alicyclic amines) is 1. The standard InChI is InChI=1S/C20H32N4O5/c1-15-17(16(2)29-21-15)13-18(25)23-7-5-20(6-8-23)14-24(19(26)28-20)10-9-22(3)11-12-27-4/h5-14H2,1-4H3. The number of amides is 2. The molecule has 0 N–H and O–H groups in total. The van der Waals surface area contributed by atoms with E-state index >= 15 is 0 Å². The van der Waals surface area contributed by atoms with Crippen molar-refractivity contribution in [1.29, 1.82) is 0 Å². The summed E-state index contributed by atoms with van der Waals surface area (Å²) in [4.78, 5) is 30.8. The van der Waals surface area contributed by atoms with E-state index in [1.54, 1.807) is 12.0 Å². The third kappa shape index (κ3) is 5.08. The molecule has 0 aliphatic carbocycles. The van der Waals surface area contributed by atoms with Gasteiger partial charge in [-0.25, -0.2) is 4.79 Å². The topological polar surface area (TPSA) is 88.3 Å². The van der Waals surface area contributed by atoms with Gasteiger partial charge in [0.1, 0.15) is 11.4 Å². The largest absolute Gasteiger partial charge is 0.441 e. The van der Waals surface area contributed by atoms with Gasteiger partial charge < -0.3 is 28.7 Å². The monoisotopic (exact) mass is 408 g/mol. The molecule has 9 nitrogen and oxygen atoms in total. The van der Waals surface area contributed by atoms with Crippen LogP contribution in [0.1, 0.15) is 29.9 Å². The van der Waals surface area contributed by atoms with Gasteiger partial charge in [0.25, 0.3) is 0 Å². The van der Waals surface area contributed by atoms with Gasteiger partial charge >= 0.3 is 6.09 Å². The number of hydrogen-bond donors (Lipinski definition) is 0. The molecule has 2 amide bonds. The fraction of sp³-hybridized carbons (Fsp3) is 0.750. The molecule has 162 valence electrons. The maximum absolute atomic E-state index is 12.7. The molecular formula is C20H32N4O5. The number of carbonyl (C=O) groups is 2. The highest BCUT2D eigenvalue weighted by Crippen LogP contribution is 2.33. The Kier molecular flexibility index (Phi) is 6.79. The van der Waals surface area contributed by atoms with Crippen LogP contribution in [0.5, 0.6) is 0 Å². The van der Waals surface area contributed by atoms with Crippen LogP contribution in [-0.2, 0) is 20.7 Å². The zero-order valence-corrected chi connectivity index (χ0v) is 17.9. The number of likely N-dealkylation sites (N-methyl/N-ethyl adjacent to an activating group) is 1. The summed E-state index contributed by atoms with van der Waals surface area (Å²) in [5.41, 5.74) is 1.16. The second-order valence-corrected chi connectivity index (χ2v) is 8.13. The number of piperidine rings is 1. The van der Waals surface area contributed by atoms with Gasteiger partial charge in [-0.3, -0.25) is 4.79 Å². The number of hydrogen-bond acceptors (Lipinski definition) is 7. The molecule has 1 aromatic rings. The Labute approximate surface area is 171 Å². The van der Waals surface area contributed by atoms with Gasteiger partial charge in [0.15, 0.2) is 0 Å². The molecule has 0 unspecified atom stereocenters. The van der Waals surface area contributed by atoms with Crippen molar-refractivity contribution in [1.82, 2.24) is 19.9 Å². The normalized spacial score (nSPS) is 18.7. The molecule has 2 saturated heterocycles. The average molecular weight is 408 g/mol. The molecule has 29 heavy (non-hydrogen) atoms. The van der Waals surface area contributed by atoms with Gasteiger partial charge in [-0.1, -0.05) is 5.16 Å². The number of methoxy groups -OCH3 is 1. The van der Waals surface area contributed by atoms with Crippen LogP contribution in [0.3, 0.4) is 0 Å². The first-order valence-electron chi connectivity index (χ1n) is 10.2. The van der Waals surface area contributed by atoms with Crippen molar-refractivity contribution in [3.05, 3.63) is 17.0 Å². The van der Waals surface area contributed by atoms with Gasteiger partial charge in [-0.05, 0) is 20.9 Å². The van der Waals surface area contributed by atoms with Crippen molar-refractivity contribution >= 4 is 12.0 Å². The van der Waals surface area contributed by atoms with Crippen molar-refractivity contribution in [2.24, 2.45) is 0 Å². The predicted octanol–water partition coefficient (Wildman–Crippen LogP) is 1.23.